The topological polar surface area (TPSA) is 53.1 Å². The van der Waals surface area contributed by atoms with Gasteiger partial charge in [0.15, 0.2) is 0 Å². The number of methoxy groups -OCH3 is 1. The zero-order valence-corrected chi connectivity index (χ0v) is 22.0. The maximum atomic E-state index is 13.5. The first-order valence-corrected chi connectivity index (χ1v) is 13.2. The molecule has 10 heteroatoms. The average molecular weight is 554 g/mol. The van der Waals surface area contributed by atoms with Gasteiger partial charge >= 0.3 is 6.18 Å². The van der Waals surface area contributed by atoms with Gasteiger partial charge in [-0.15, -0.1) is 0 Å². The van der Waals surface area contributed by atoms with Crippen LogP contribution in [0, 0.1) is 0 Å². The lowest BCUT2D eigenvalue weighted by Crippen LogP contribution is -2.52. The third-order valence-electron chi connectivity index (χ3n) is 6.73. The molecular formula is C29H26F3N3O3S. The summed E-state index contributed by atoms with van der Waals surface area (Å²) in [7, 11) is 1.62. The summed E-state index contributed by atoms with van der Waals surface area (Å²) in [6.45, 7) is 2.26. The molecule has 202 valence electrons. The Morgan fingerprint density at radius 1 is 0.949 bits per heavy atom. The van der Waals surface area contributed by atoms with Gasteiger partial charge in [-0.1, -0.05) is 36.0 Å². The van der Waals surface area contributed by atoms with Crippen molar-refractivity contribution < 1.29 is 27.5 Å². The first-order chi connectivity index (χ1) is 18.7. The number of piperazine rings is 1. The van der Waals surface area contributed by atoms with E-state index in [9.17, 15) is 22.8 Å². The van der Waals surface area contributed by atoms with Crippen molar-refractivity contribution in [3.05, 3.63) is 88.8 Å². The molecule has 0 spiro atoms. The maximum Gasteiger partial charge on any atom is 0.416 e. The Kier molecular flexibility index (Phi) is 7.56. The fraction of sp³-hybridized carbons (Fsp3) is 0.241. The van der Waals surface area contributed by atoms with Crippen molar-refractivity contribution in [2.45, 2.75) is 11.1 Å². The molecule has 0 N–H and O–H groups in total. The summed E-state index contributed by atoms with van der Waals surface area (Å²) in [6.07, 6.45) is -2.87. The zero-order chi connectivity index (χ0) is 27.6. The van der Waals surface area contributed by atoms with E-state index in [0.717, 1.165) is 28.5 Å². The fourth-order valence-electron chi connectivity index (χ4n) is 4.58. The average Bonchev–Trinajstić information content (AvgIpc) is 2.95. The largest absolute Gasteiger partial charge is 0.497 e. The number of para-hydroxylation sites is 1. The molecule has 0 aliphatic carbocycles. The highest BCUT2D eigenvalue weighted by atomic mass is 32.2. The molecule has 0 radical (unpaired) electrons. The first kappa shape index (κ1) is 26.7. The van der Waals surface area contributed by atoms with Crippen LogP contribution in [0.1, 0.15) is 11.1 Å². The van der Waals surface area contributed by atoms with E-state index in [0.29, 0.717) is 42.3 Å². The third kappa shape index (κ3) is 5.90. The summed E-state index contributed by atoms with van der Waals surface area (Å²) in [6, 6.07) is 19.7. The minimum atomic E-state index is -4.43. The summed E-state index contributed by atoms with van der Waals surface area (Å²) in [4.78, 5) is 33.4. The number of anilines is 2. The van der Waals surface area contributed by atoms with Gasteiger partial charge in [0.05, 0.1) is 23.3 Å². The van der Waals surface area contributed by atoms with E-state index in [4.69, 9.17) is 4.74 Å². The highest BCUT2D eigenvalue weighted by Gasteiger charge is 2.33. The number of carbonyl (C=O) groups is 2. The van der Waals surface area contributed by atoms with Crippen molar-refractivity contribution in [3.63, 3.8) is 0 Å². The van der Waals surface area contributed by atoms with Crippen molar-refractivity contribution in [2.75, 3.05) is 49.6 Å². The van der Waals surface area contributed by atoms with Crippen molar-refractivity contribution in [1.29, 1.82) is 0 Å². The molecule has 3 aromatic rings. The molecule has 2 heterocycles. The van der Waals surface area contributed by atoms with E-state index in [-0.39, 0.29) is 18.4 Å². The Morgan fingerprint density at radius 2 is 1.62 bits per heavy atom. The Morgan fingerprint density at radius 3 is 2.26 bits per heavy atom. The lowest BCUT2D eigenvalue weighted by atomic mass is 10.1. The summed E-state index contributed by atoms with van der Waals surface area (Å²) in [5.41, 5.74) is 1.41. The maximum absolute atomic E-state index is 13.5. The van der Waals surface area contributed by atoms with Crippen LogP contribution in [-0.4, -0.2) is 56.5 Å². The Labute approximate surface area is 228 Å². The quantitative estimate of drug-likeness (QED) is 0.389. The van der Waals surface area contributed by atoms with E-state index in [1.165, 1.54) is 28.8 Å². The molecule has 0 aromatic heterocycles. The van der Waals surface area contributed by atoms with Crippen LogP contribution in [0.5, 0.6) is 5.75 Å². The van der Waals surface area contributed by atoms with Gasteiger partial charge < -0.3 is 14.5 Å². The molecule has 2 aliphatic heterocycles. The number of hydrogen-bond donors (Lipinski definition) is 0. The predicted molar refractivity (Wildman–Crippen MR) is 146 cm³/mol. The van der Waals surface area contributed by atoms with E-state index < -0.39 is 11.7 Å². The van der Waals surface area contributed by atoms with Crippen LogP contribution in [0.15, 0.2) is 82.6 Å². The van der Waals surface area contributed by atoms with E-state index in [1.54, 1.807) is 24.2 Å². The lowest BCUT2D eigenvalue weighted by Gasteiger charge is -2.37. The summed E-state index contributed by atoms with van der Waals surface area (Å²) in [5, 5.41) is 0. The second kappa shape index (κ2) is 11.1. The van der Waals surface area contributed by atoms with Crippen LogP contribution >= 0.6 is 11.8 Å². The first-order valence-electron chi connectivity index (χ1n) is 12.4. The number of alkyl halides is 3. The number of rotatable bonds is 5. The number of carbonyl (C=O) groups excluding carboxylic acids is 2. The summed E-state index contributed by atoms with van der Waals surface area (Å²) < 4.78 is 44.1. The highest BCUT2D eigenvalue weighted by Crippen LogP contribution is 2.42. The Balaban J connectivity index is 1.29. The molecular weight excluding hydrogens is 527 g/mol. The van der Waals surface area contributed by atoms with Gasteiger partial charge in [-0.2, -0.15) is 13.2 Å². The van der Waals surface area contributed by atoms with Crippen molar-refractivity contribution in [2.24, 2.45) is 0 Å². The number of fused-ring (bicyclic) bond motifs is 1. The number of hydrogen-bond acceptors (Lipinski definition) is 5. The number of thioether (sulfide) groups is 1. The minimum absolute atomic E-state index is 0.122. The fourth-order valence-corrected chi connectivity index (χ4v) is 5.64. The normalized spacial score (nSPS) is 16.9. The van der Waals surface area contributed by atoms with Crippen LogP contribution < -0.4 is 14.5 Å². The smallest absolute Gasteiger partial charge is 0.416 e. The molecule has 1 fully saturated rings. The Bertz CT molecular complexity index is 1380. The molecule has 2 amide bonds. The van der Waals surface area contributed by atoms with Gasteiger partial charge in [0.25, 0.3) is 5.91 Å². The number of benzene rings is 3. The highest BCUT2D eigenvalue weighted by molar-refractivity contribution is 8.04. The third-order valence-corrected chi connectivity index (χ3v) is 7.81. The molecule has 0 unspecified atom stereocenters. The Hall–Kier alpha value is -3.92. The van der Waals surface area contributed by atoms with Crippen LogP contribution in [0.2, 0.25) is 0 Å². The van der Waals surface area contributed by atoms with Crippen LogP contribution in [0.25, 0.3) is 6.08 Å². The minimum Gasteiger partial charge on any atom is -0.497 e. The second-order valence-corrected chi connectivity index (χ2v) is 10.2. The van der Waals surface area contributed by atoms with E-state index in [2.05, 4.69) is 4.90 Å². The molecule has 5 rings (SSSR count). The van der Waals surface area contributed by atoms with Gasteiger partial charge in [-0.25, -0.2) is 0 Å². The molecule has 1 saturated heterocycles. The number of amides is 2. The molecule has 0 atom stereocenters. The SMILES string of the molecule is COc1ccc(N2CCN(C(=O)CN3C(=O)/C(=C/c4ccc(C(F)(F)F)cc4)Sc4ccccc43)CC2)cc1. The standard InChI is InChI=1S/C29H26F3N3O3S/c1-38-23-12-10-22(11-13-23)33-14-16-34(17-15-33)27(36)19-35-24-4-2-3-5-25(24)39-26(28(35)37)18-20-6-8-21(9-7-20)29(30,31)32/h2-13,18H,14-17,19H2,1H3/b26-18-. The molecule has 39 heavy (non-hydrogen) atoms. The second-order valence-electron chi connectivity index (χ2n) is 9.16. The monoisotopic (exact) mass is 553 g/mol. The van der Waals surface area contributed by atoms with Gasteiger partial charge in [0.1, 0.15) is 12.3 Å². The van der Waals surface area contributed by atoms with E-state index in [1.807, 2.05) is 42.5 Å². The number of ether oxygens (including phenoxy) is 1. The molecule has 3 aromatic carbocycles. The van der Waals surface area contributed by atoms with E-state index >= 15 is 0 Å². The summed E-state index contributed by atoms with van der Waals surface area (Å²) in [5.74, 6) is 0.265. The van der Waals surface area contributed by atoms with Gasteiger partial charge in [-0.05, 0) is 60.2 Å². The number of halogens is 3. The van der Waals surface area contributed by atoms with Crippen LogP contribution in [0.4, 0.5) is 24.5 Å². The predicted octanol–water partition coefficient (Wildman–Crippen LogP) is 5.54. The van der Waals surface area contributed by atoms with Crippen molar-refractivity contribution in [1.82, 2.24) is 4.90 Å². The zero-order valence-electron chi connectivity index (χ0n) is 21.1. The van der Waals surface area contributed by atoms with Crippen LogP contribution in [-0.2, 0) is 15.8 Å². The molecule has 0 bridgehead atoms. The van der Waals surface area contributed by atoms with Crippen molar-refractivity contribution in [3.8, 4) is 5.75 Å². The van der Waals surface area contributed by atoms with Gasteiger partial charge in [-0.3, -0.25) is 14.5 Å². The molecule has 2 aliphatic rings. The lowest BCUT2D eigenvalue weighted by molar-refractivity contribution is -0.137. The number of nitrogens with zero attached hydrogens (tertiary/aromatic N) is 3. The molecule has 0 saturated carbocycles. The summed E-state index contributed by atoms with van der Waals surface area (Å²) >= 11 is 1.24. The molecule has 6 nitrogen and oxygen atoms in total. The van der Waals surface area contributed by atoms with Gasteiger partial charge in [0, 0.05) is 36.8 Å². The van der Waals surface area contributed by atoms with Gasteiger partial charge in [0.2, 0.25) is 5.91 Å². The van der Waals surface area contributed by atoms with Crippen LogP contribution in [0.3, 0.4) is 0 Å². The van der Waals surface area contributed by atoms with Crippen molar-refractivity contribution >= 4 is 41.0 Å².